The average Bonchev–Trinajstić information content (AvgIpc) is 2.41. The molecule has 3 nitrogen and oxygen atoms in total. The van der Waals surface area contributed by atoms with Crippen LogP contribution in [0.4, 0.5) is 0 Å². The van der Waals surface area contributed by atoms with Gasteiger partial charge < -0.3 is 4.74 Å². The van der Waals surface area contributed by atoms with E-state index < -0.39 is 0 Å². The summed E-state index contributed by atoms with van der Waals surface area (Å²) in [6.07, 6.45) is 7.89. The van der Waals surface area contributed by atoms with Gasteiger partial charge in [0.2, 0.25) is 0 Å². The van der Waals surface area contributed by atoms with E-state index in [1.807, 2.05) is 19.3 Å². The van der Waals surface area contributed by atoms with Crippen molar-refractivity contribution in [1.29, 1.82) is 0 Å². The minimum Gasteiger partial charge on any atom is -0.492 e. The fourth-order valence-corrected chi connectivity index (χ4v) is 3.18. The van der Waals surface area contributed by atoms with E-state index in [2.05, 4.69) is 16.0 Å². The molecule has 0 radical (unpaired) electrons. The van der Waals surface area contributed by atoms with E-state index in [9.17, 15) is 0 Å². The number of aromatic nitrogens is 1. The van der Waals surface area contributed by atoms with Crippen molar-refractivity contribution in [2.24, 2.45) is 5.92 Å². The summed E-state index contributed by atoms with van der Waals surface area (Å²) in [6.45, 7) is 5.24. The molecule has 92 valence electrons. The minimum absolute atomic E-state index is 0.579. The normalized spacial score (nSPS) is 31.5. The molecule has 1 atom stereocenters. The highest BCUT2D eigenvalue weighted by Gasteiger charge is 2.34. The van der Waals surface area contributed by atoms with Crippen LogP contribution >= 0.6 is 0 Å². The van der Waals surface area contributed by atoms with Gasteiger partial charge in [-0.15, -0.1) is 0 Å². The highest BCUT2D eigenvalue weighted by molar-refractivity contribution is 5.27. The van der Waals surface area contributed by atoms with Crippen LogP contribution in [0.3, 0.4) is 0 Å². The number of rotatable bonds is 3. The zero-order valence-electron chi connectivity index (χ0n) is 10.4. The van der Waals surface area contributed by atoms with Gasteiger partial charge in [-0.25, -0.2) is 0 Å². The van der Waals surface area contributed by atoms with Gasteiger partial charge in [0.15, 0.2) is 0 Å². The molecule has 0 saturated carbocycles. The number of ether oxygens (including phenoxy) is 1. The van der Waals surface area contributed by atoms with Crippen LogP contribution < -0.4 is 4.74 Å². The Labute approximate surface area is 103 Å². The third-order valence-electron chi connectivity index (χ3n) is 4.08. The van der Waals surface area contributed by atoms with Crippen LogP contribution in [0, 0.1) is 5.92 Å². The summed E-state index contributed by atoms with van der Waals surface area (Å²) >= 11 is 0. The molecule has 3 heteroatoms. The minimum atomic E-state index is 0.579. The molecule has 0 spiro atoms. The monoisotopic (exact) mass is 232 g/mol. The fraction of sp³-hybridized carbons (Fsp3) is 0.643. The molecule has 17 heavy (non-hydrogen) atoms. The Morgan fingerprint density at radius 3 is 2.82 bits per heavy atom. The molecule has 3 aliphatic rings. The van der Waals surface area contributed by atoms with Gasteiger partial charge in [0.25, 0.3) is 0 Å². The Balaban J connectivity index is 1.81. The van der Waals surface area contributed by atoms with Crippen molar-refractivity contribution in [1.82, 2.24) is 9.88 Å². The summed E-state index contributed by atoms with van der Waals surface area (Å²) in [7, 11) is 0. The van der Waals surface area contributed by atoms with Crippen LogP contribution in [-0.4, -0.2) is 29.6 Å². The van der Waals surface area contributed by atoms with Gasteiger partial charge in [-0.2, -0.15) is 0 Å². The van der Waals surface area contributed by atoms with Crippen LogP contribution in [0.25, 0.3) is 0 Å². The first-order chi connectivity index (χ1) is 8.36. The largest absolute Gasteiger partial charge is 0.492 e. The molecule has 3 aliphatic heterocycles. The summed E-state index contributed by atoms with van der Waals surface area (Å²) < 4.78 is 5.54. The van der Waals surface area contributed by atoms with E-state index in [0.717, 1.165) is 11.7 Å². The molecule has 4 heterocycles. The lowest BCUT2D eigenvalue weighted by molar-refractivity contribution is 0.0487. The van der Waals surface area contributed by atoms with Gasteiger partial charge in [-0.1, -0.05) is 0 Å². The van der Waals surface area contributed by atoms with Crippen LogP contribution in [0.2, 0.25) is 0 Å². The molecule has 1 aromatic rings. The lowest BCUT2D eigenvalue weighted by atomic mass is 9.81. The van der Waals surface area contributed by atoms with Gasteiger partial charge in [0, 0.05) is 12.2 Å². The number of piperidine rings is 3. The lowest BCUT2D eigenvalue weighted by Gasteiger charge is -2.45. The fourth-order valence-electron chi connectivity index (χ4n) is 3.18. The van der Waals surface area contributed by atoms with E-state index in [0.29, 0.717) is 12.6 Å². The van der Waals surface area contributed by atoms with Crippen LogP contribution in [0.15, 0.2) is 18.5 Å². The van der Waals surface area contributed by atoms with Crippen LogP contribution in [0.5, 0.6) is 5.75 Å². The molecule has 3 saturated heterocycles. The Kier molecular flexibility index (Phi) is 3.02. The molecule has 1 aromatic heterocycles. The lowest BCUT2D eigenvalue weighted by Crippen LogP contribution is -2.43. The number of pyridine rings is 1. The predicted octanol–water partition coefficient (Wildman–Crippen LogP) is 2.64. The topological polar surface area (TPSA) is 25.4 Å². The maximum Gasteiger partial charge on any atom is 0.137 e. The van der Waals surface area contributed by atoms with Crippen molar-refractivity contribution >= 4 is 0 Å². The van der Waals surface area contributed by atoms with E-state index in [1.54, 1.807) is 0 Å². The first-order valence-corrected chi connectivity index (χ1v) is 6.68. The molecule has 3 fully saturated rings. The standard InChI is InChI=1S/C14H20N2O/c1-2-17-13-8-12(9-15-10-13)14-7-11-3-5-16(14)6-4-11/h8-11,14H,2-7H2,1H3. The molecule has 1 unspecified atom stereocenters. The number of fused-ring (bicyclic) bond motifs is 3. The highest BCUT2D eigenvalue weighted by Crippen LogP contribution is 2.40. The molecular weight excluding hydrogens is 212 g/mol. The number of hydrogen-bond donors (Lipinski definition) is 0. The van der Waals surface area contributed by atoms with Crippen LogP contribution in [-0.2, 0) is 0 Å². The zero-order valence-corrected chi connectivity index (χ0v) is 10.4. The summed E-state index contributed by atoms with van der Waals surface area (Å²) in [4.78, 5) is 6.91. The first-order valence-electron chi connectivity index (χ1n) is 6.68. The van der Waals surface area contributed by atoms with Crippen molar-refractivity contribution in [2.45, 2.75) is 32.2 Å². The van der Waals surface area contributed by atoms with Gasteiger partial charge in [0.1, 0.15) is 5.75 Å². The molecule has 0 N–H and O–H groups in total. The quantitative estimate of drug-likeness (QED) is 0.801. The van der Waals surface area contributed by atoms with E-state index in [1.165, 1.54) is 37.9 Å². The van der Waals surface area contributed by atoms with Crippen molar-refractivity contribution < 1.29 is 4.74 Å². The Morgan fingerprint density at radius 1 is 1.35 bits per heavy atom. The smallest absolute Gasteiger partial charge is 0.137 e. The Morgan fingerprint density at radius 2 is 2.18 bits per heavy atom. The van der Waals surface area contributed by atoms with Gasteiger partial charge >= 0.3 is 0 Å². The summed E-state index contributed by atoms with van der Waals surface area (Å²) in [5.41, 5.74) is 1.33. The molecular formula is C14H20N2O. The second kappa shape index (κ2) is 4.65. The van der Waals surface area contributed by atoms with Gasteiger partial charge in [-0.3, -0.25) is 9.88 Å². The average molecular weight is 232 g/mol. The SMILES string of the molecule is CCOc1cncc(C2CC3CCN2CC3)c1. The third kappa shape index (κ3) is 2.16. The van der Waals surface area contributed by atoms with Gasteiger partial charge in [0.05, 0.1) is 12.8 Å². The van der Waals surface area contributed by atoms with E-state index >= 15 is 0 Å². The highest BCUT2D eigenvalue weighted by atomic mass is 16.5. The maximum absolute atomic E-state index is 5.54. The molecule has 0 aromatic carbocycles. The molecule has 4 rings (SSSR count). The summed E-state index contributed by atoms with van der Waals surface area (Å²) in [5.74, 6) is 1.84. The predicted molar refractivity (Wildman–Crippen MR) is 67.1 cm³/mol. The Hall–Kier alpha value is -1.09. The van der Waals surface area contributed by atoms with Crippen molar-refractivity contribution in [3.05, 3.63) is 24.0 Å². The van der Waals surface area contributed by atoms with Crippen LogP contribution in [0.1, 0.15) is 37.8 Å². The first kappa shape index (κ1) is 11.0. The molecule has 0 aliphatic carbocycles. The number of nitrogens with zero attached hydrogens (tertiary/aromatic N) is 2. The zero-order chi connectivity index (χ0) is 11.7. The van der Waals surface area contributed by atoms with E-state index in [-0.39, 0.29) is 0 Å². The van der Waals surface area contributed by atoms with Gasteiger partial charge in [-0.05, 0) is 56.8 Å². The molecule has 2 bridgehead atoms. The second-order valence-electron chi connectivity index (χ2n) is 5.12. The molecule has 0 amide bonds. The van der Waals surface area contributed by atoms with Crippen molar-refractivity contribution in [3.63, 3.8) is 0 Å². The Bertz CT molecular complexity index is 386. The van der Waals surface area contributed by atoms with Crippen molar-refractivity contribution in [3.8, 4) is 5.75 Å². The second-order valence-corrected chi connectivity index (χ2v) is 5.12. The summed E-state index contributed by atoms with van der Waals surface area (Å²) in [6, 6.07) is 2.75. The third-order valence-corrected chi connectivity index (χ3v) is 4.08. The number of hydrogen-bond acceptors (Lipinski definition) is 3. The van der Waals surface area contributed by atoms with E-state index in [4.69, 9.17) is 4.74 Å². The maximum atomic E-state index is 5.54. The summed E-state index contributed by atoms with van der Waals surface area (Å²) in [5, 5.41) is 0. The van der Waals surface area contributed by atoms with Crippen molar-refractivity contribution in [2.75, 3.05) is 19.7 Å².